The van der Waals surface area contributed by atoms with Gasteiger partial charge < -0.3 is 25.0 Å². The first-order chi connectivity index (χ1) is 31.7. The molecular weight excluding hydrogens is 939 g/mol. The summed E-state index contributed by atoms with van der Waals surface area (Å²) in [6.45, 7) is 1.67. The number of nitrogens with one attached hydrogen (secondary N) is 1. The first kappa shape index (κ1) is 47.0. The van der Waals surface area contributed by atoms with E-state index in [1.54, 1.807) is 19.1 Å². The molecule has 0 radical (unpaired) electrons. The van der Waals surface area contributed by atoms with Crippen molar-refractivity contribution in [2.45, 2.75) is 23.1 Å². The molecule has 1 aromatic heterocycles. The number of hydrogen-bond acceptors (Lipinski definition) is 21. The Morgan fingerprint density at radius 3 is 2.07 bits per heavy atom. The summed E-state index contributed by atoms with van der Waals surface area (Å²) < 4.78 is 111. The van der Waals surface area contributed by atoms with Crippen molar-refractivity contribution in [3.63, 3.8) is 0 Å². The van der Waals surface area contributed by atoms with E-state index in [-0.39, 0.29) is 73.2 Å². The van der Waals surface area contributed by atoms with Gasteiger partial charge in [0.05, 0.1) is 41.1 Å². The quantitative estimate of drug-likeness (QED) is 0.0437. The maximum Gasteiger partial charge on any atom is 0.320 e. The van der Waals surface area contributed by atoms with Crippen molar-refractivity contribution >= 4 is 98.5 Å². The van der Waals surface area contributed by atoms with Crippen LogP contribution in [0.2, 0.25) is 0 Å². The molecule has 0 saturated heterocycles. The van der Waals surface area contributed by atoms with E-state index < -0.39 is 52.7 Å². The predicted octanol–water partition coefficient (Wildman–Crippen LogP) is 9.05. The number of methoxy groups -OCH3 is 2. The zero-order chi connectivity index (χ0) is 48.3. The van der Waals surface area contributed by atoms with E-state index in [2.05, 4.69) is 55.9 Å². The van der Waals surface area contributed by atoms with Gasteiger partial charge >= 0.3 is 6.01 Å². The summed E-state index contributed by atoms with van der Waals surface area (Å²) in [4.78, 5) is 14.3. The molecule has 1 aliphatic carbocycles. The molecule has 5 aromatic carbocycles. The molecule has 24 nitrogen and oxygen atoms in total. The second-order valence-electron chi connectivity index (χ2n) is 13.9. The number of aromatic hydroxyl groups is 2. The molecule has 7 rings (SSSR count). The average Bonchev–Trinajstić information content (AvgIpc) is 3.26. The summed E-state index contributed by atoms with van der Waals surface area (Å²) in [5.74, 6) is -0.849. The fourth-order valence-electron chi connectivity index (χ4n) is 6.11. The number of phenols is 1. The molecule has 0 unspecified atom stereocenters. The van der Waals surface area contributed by atoms with Crippen LogP contribution in [0.5, 0.6) is 23.3 Å². The van der Waals surface area contributed by atoms with E-state index in [0.29, 0.717) is 22.6 Å². The third-order valence-corrected chi connectivity index (χ3v) is 11.9. The molecule has 0 fully saturated rings. The van der Waals surface area contributed by atoms with Crippen LogP contribution in [-0.4, -0.2) is 84.0 Å². The Hall–Kier alpha value is -7.95. The van der Waals surface area contributed by atoms with E-state index in [1.165, 1.54) is 87.0 Å². The molecule has 67 heavy (non-hydrogen) atoms. The Morgan fingerprint density at radius 1 is 0.672 bits per heavy atom. The number of hydrogen-bond donors (Lipinski definition) is 6. The number of rotatable bonds is 14. The smallest absolute Gasteiger partial charge is 0.320 e. The minimum Gasteiger partial charge on any atom is -0.505 e. The van der Waals surface area contributed by atoms with E-state index >= 15 is 0 Å². The van der Waals surface area contributed by atoms with Crippen molar-refractivity contribution in [2.75, 3.05) is 19.5 Å². The molecule has 0 spiro atoms. The summed E-state index contributed by atoms with van der Waals surface area (Å²) in [7, 11) is -11.2. The Bertz CT molecular complexity index is 3530. The Morgan fingerprint density at radius 2 is 1.37 bits per heavy atom. The number of allylic oxidation sites excluding steroid dienone is 4. The van der Waals surface area contributed by atoms with Gasteiger partial charge in [-0.2, -0.15) is 55.5 Å². The Kier molecular flexibility index (Phi) is 13.2. The van der Waals surface area contributed by atoms with Crippen molar-refractivity contribution in [3.8, 4) is 23.3 Å². The fourth-order valence-corrected chi connectivity index (χ4v) is 7.87. The van der Waals surface area contributed by atoms with Gasteiger partial charge in [-0.1, -0.05) is 12.1 Å². The van der Waals surface area contributed by atoms with Crippen molar-refractivity contribution in [2.24, 2.45) is 35.7 Å². The highest BCUT2D eigenvalue weighted by Gasteiger charge is 2.23. The number of aromatic nitrogens is 3. The van der Waals surface area contributed by atoms with Gasteiger partial charge in [0.25, 0.3) is 36.3 Å². The number of aryl methyl sites for hydroxylation is 1. The van der Waals surface area contributed by atoms with Crippen LogP contribution in [0.3, 0.4) is 0 Å². The summed E-state index contributed by atoms with van der Waals surface area (Å²) in [5.41, 5.74) is 1.45. The molecule has 6 N–H and O–H groups in total. The molecule has 6 aromatic rings. The van der Waals surface area contributed by atoms with Crippen molar-refractivity contribution < 1.29 is 58.6 Å². The van der Waals surface area contributed by atoms with Gasteiger partial charge in [-0.25, -0.2) is 4.99 Å². The van der Waals surface area contributed by atoms with Crippen LogP contribution >= 0.6 is 0 Å². The number of azo groups is 3. The number of aliphatic imine (C=N–C) groups is 1. The molecule has 0 atom stereocenters. The number of benzene rings is 5. The maximum absolute atomic E-state index is 12.7. The average molecular weight is 972 g/mol. The molecule has 0 amide bonds. The number of fused-ring (bicyclic) bond motifs is 1. The summed E-state index contributed by atoms with van der Waals surface area (Å²) in [6, 6.07) is 17.4. The number of phenolic OH excluding ortho intramolecular Hbond substituents is 1. The van der Waals surface area contributed by atoms with E-state index in [9.17, 15) is 49.1 Å². The molecule has 27 heteroatoms. The van der Waals surface area contributed by atoms with Crippen LogP contribution < -0.4 is 14.8 Å². The van der Waals surface area contributed by atoms with Crippen LogP contribution in [0.1, 0.15) is 12.0 Å². The lowest BCUT2D eigenvalue weighted by Gasteiger charge is -2.12. The van der Waals surface area contributed by atoms with Crippen molar-refractivity contribution in [1.82, 2.24) is 15.0 Å². The van der Waals surface area contributed by atoms with Gasteiger partial charge in [0.1, 0.15) is 33.5 Å². The third-order valence-electron chi connectivity index (χ3n) is 9.28. The molecule has 1 aliphatic rings. The highest BCUT2D eigenvalue weighted by Crippen LogP contribution is 2.44. The largest absolute Gasteiger partial charge is 0.505 e. The molecule has 1 heterocycles. The second-order valence-corrected chi connectivity index (χ2v) is 18.1. The fraction of sp³-hybridized carbons (Fsp3) is 0.100. The molecule has 344 valence electrons. The zero-order valence-electron chi connectivity index (χ0n) is 34.6. The predicted molar refractivity (Wildman–Crippen MR) is 240 cm³/mol. The molecular formula is C40H33N11O13S3. The van der Waals surface area contributed by atoms with Crippen molar-refractivity contribution in [1.29, 1.82) is 0 Å². The second kappa shape index (κ2) is 18.9. The SMILES string of the molecule is COc1cc(N=Nc2cccc(S(=O)(=O)O)c2)ccc1N=Nc1cc(OC)c(N=Nc2c(S(=O)(=O)O)cc3cc(Nc4nc(O)nc(N=C5C=CC=C(S(=O)(=O)O)C5)n4)ccc3c2O)cc1C. The van der Waals surface area contributed by atoms with Gasteiger partial charge in [-0.05, 0) is 90.7 Å². The van der Waals surface area contributed by atoms with Crippen LogP contribution in [0, 0.1) is 6.92 Å². The topological polar surface area (TPSA) is 359 Å². The minimum absolute atomic E-state index is 0.0775. The lowest BCUT2D eigenvalue weighted by molar-refractivity contribution is 0.415. The number of anilines is 2. The Balaban J connectivity index is 1.12. The van der Waals surface area contributed by atoms with Crippen LogP contribution in [-0.2, 0) is 30.4 Å². The highest BCUT2D eigenvalue weighted by atomic mass is 32.2. The lowest BCUT2D eigenvalue weighted by Crippen LogP contribution is -2.09. The highest BCUT2D eigenvalue weighted by molar-refractivity contribution is 7.89. The van der Waals surface area contributed by atoms with Gasteiger partial charge in [-0.3, -0.25) is 13.7 Å². The van der Waals surface area contributed by atoms with Gasteiger partial charge in [-0.15, -0.1) is 15.3 Å². The summed E-state index contributed by atoms with van der Waals surface area (Å²) in [5, 5.41) is 49.3. The van der Waals surface area contributed by atoms with E-state index in [1.807, 2.05) is 0 Å². The van der Waals surface area contributed by atoms with Crippen LogP contribution in [0.25, 0.3) is 10.8 Å². The molecule has 0 saturated carbocycles. The van der Waals surface area contributed by atoms with Gasteiger partial charge in [0.15, 0.2) is 5.75 Å². The van der Waals surface area contributed by atoms with Crippen molar-refractivity contribution in [3.05, 3.63) is 108 Å². The van der Waals surface area contributed by atoms with E-state index in [4.69, 9.17) is 9.47 Å². The van der Waals surface area contributed by atoms with E-state index in [0.717, 1.165) is 12.1 Å². The normalized spacial score (nSPS) is 14.1. The lowest BCUT2D eigenvalue weighted by atomic mass is 10.1. The molecule has 0 aliphatic heterocycles. The first-order valence-corrected chi connectivity index (χ1v) is 23.1. The standard InChI is InChI=1S/C40H33N11O13S3/c1-21-14-32(34(64-3)20-31(21)49-48-30-13-11-26(19-33(30)63-2)47-46-25-7-5-9-28(18-25)66(57,58)59)50-51-36-35(67(60,61)62)16-22-15-24(10-12-29(22)37(36)52)42-39-43-38(44-40(53)45-39)41-23-6-4-8-27(17-23)65(54,55)56/h4-16,18-20,52H,17H2,1-3H3,(H,54,55,56)(H,57,58,59)(H,60,61,62)(H2,42,43,44,45,53). The monoisotopic (exact) mass is 971 g/mol. The first-order valence-electron chi connectivity index (χ1n) is 18.8. The maximum atomic E-state index is 12.7. The van der Waals surface area contributed by atoms with Crippen LogP contribution in [0.4, 0.5) is 51.7 Å². The minimum atomic E-state index is -5.04. The van der Waals surface area contributed by atoms with Gasteiger partial charge in [0.2, 0.25) is 5.95 Å². The number of ether oxygens (including phenoxy) is 2. The number of nitrogens with zero attached hydrogens (tertiary/aromatic N) is 10. The Labute approximate surface area is 379 Å². The molecule has 0 bridgehead atoms. The van der Waals surface area contributed by atoms with Crippen LogP contribution in [0.15, 0.2) is 147 Å². The van der Waals surface area contributed by atoms with Gasteiger partial charge in [0, 0.05) is 35.3 Å². The summed E-state index contributed by atoms with van der Waals surface area (Å²) in [6.07, 6.45) is 3.71. The third kappa shape index (κ3) is 11.3. The summed E-state index contributed by atoms with van der Waals surface area (Å²) >= 11 is 0. The zero-order valence-corrected chi connectivity index (χ0v) is 37.1.